The molecular formula is C18H26N2. The van der Waals surface area contributed by atoms with Gasteiger partial charge in [0.25, 0.3) is 0 Å². The number of anilines is 1. The third-order valence-electron chi connectivity index (χ3n) is 5.43. The molecule has 2 nitrogen and oxygen atoms in total. The first kappa shape index (κ1) is 12.7. The standard InChI is InChI=1S/C18H26N2/c1-3-15-4-2-12-20(18(15)5-1)17-10-6-14(7-11-17)13-19-16-8-9-16/h6-7,10-11,15-16,18-19H,1-5,8-9,12-13H2. The molecular weight excluding hydrogens is 244 g/mol. The van der Waals surface area contributed by atoms with E-state index in [1.54, 1.807) is 0 Å². The van der Waals surface area contributed by atoms with Gasteiger partial charge in [0, 0.05) is 30.9 Å². The average Bonchev–Trinajstić information content (AvgIpc) is 3.20. The van der Waals surface area contributed by atoms with E-state index in [2.05, 4.69) is 34.5 Å². The zero-order valence-electron chi connectivity index (χ0n) is 12.4. The van der Waals surface area contributed by atoms with Gasteiger partial charge in [-0.2, -0.15) is 0 Å². The SMILES string of the molecule is c1cc(N2CCCC3CCCC32)ccc1CNC1CC1. The number of rotatable bonds is 4. The number of benzene rings is 1. The van der Waals surface area contributed by atoms with Crippen LogP contribution in [0.1, 0.15) is 50.5 Å². The van der Waals surface area contributed by atoms with E-state index < -0.39 is 0 Å². The lowest BCUT2D eigenvalue weighted by atomic mass is 9.91. The predicted molar refractivity (Wildman–Crippen MR) is 84.0 cm³/mol. The van der Waals surface area contributed by atoms with Gasteiger partial charge in [-0.05, 0) is 62.1 Å². The van der Waals surface area contributed by atoms with Crippen LogP contribution in [0.2, 0.25) is 0 Å². The van der Waals surface area contributed by atoms with Gasteiger partial charge in [0.2, 0.25) is 0 Å². The lowest BCUT2D eigenvalue weighted by Gasteiger charge is -2.39. The molecule has 1 heterocycles. The Balaban J connectivity index is 1.44. The fourth-order valence-corrected chi connectivity index (χ4v) is 4.13. The second-order valence-corrected chi connectivity index (χ2v) is 6.92. The van der Waals surface area contributed by atoms with Crippen LogP contribution in [0.25, 0.3) is 0 Å². The van der Waals surface area contributed by atoms with Crippen molar-refractivity contribution >= 4 is 5.69 Å². The average molecular weight is 270 g/mol. The topological polar surface area (TPSA) is 15.3 Å². The number of fused-ring (bicyclic) bond motifs is 1. The smallest absolute Gasteiger partial charge is 0.0369 e. The van der Waals surface area contributed by atoms with Gasteiger partial charge in [-0.3, -0.25) is 0 Å². The van der Waals surface area contributed by atoms with E-state index in [0.717, 1.165) is 24.5 Å². The van der Waals surface area contributed by atoms with Crippen LogP contribution < -0.4 is 10.2 Å². The van der Waals surface area contributed by atoms with Crippen LogP contribution in [0.4, 0.5) is 5.69 Å². The lowest BCUT2D eigenvalue weighted by Crippen LogP contribution is -2.42. The van der Waals surface area contributed by atoms with Crippen molar-refractivity contribution < 1.29 is 0 Å². The number of hydrogen-bond acceptors (Lipinski definition) is 2. The summed E-state index contributed by atoms with van der Waals surface area (Å²) in [4.78, 5) is 2.69. The van der Waals surface area contributed by atoms with Crippen molar-refractivity contribution in [3.8, 4) is 0 Å². The summed E-state index contributed by atoms with van der Waals surface area (Å²) in [6, 6.07) is 11.0. The van der Waals surface area contributed by atoms with Crippen LogP contribution in [-0.2, 0) is 6.54 Å². The summed E-state index contributed by atoms with van der Waals surface area (Å²) < 4.78 is 0. The molecule has 2 saturated carbocycles. The zero-order valence-corrected chi connectivity index (χ0v) is 12.4. The van der Waals surface area contributed by atoms with Gasteiger partial charge in [0.05, 0.1) is 0 Å². The van der Waals surface area contributed by atoms with Gasteiger partial charge in [-0.25, -0.2) is 0 Å². The highest BCUT2D eigenvalue weighted by Crippen LogP contribution is 2.39. The number of piperidine rings is 1. The predicted octanol–water partition coefficient (Wildman–Crippen LogP) is 3.71. The molecule has 1 aliphatic heterocycles. The van der Waals surface area contributed by atoms with Crippen molar-refractivity contribution in [2.45, 2.75) is 63.6 Å². The molecule has 0 bridgehead atoms. The molecule has 2 unspecified atom stereocenters. The number of hydrogen-bond donors (Lipinski definition) is 1. The number of nitrogens with zero attached hydrogens (tertiary/aromatic N) is 1. The molecule has 1 aromatic rings. The molecule has 1 N–H and O–H groups in total. The van der Waals surface area contributed by atoms with Gasteiger partial charge in [0.1, 0.15) is 0 Å². The summed E-state index contributed by atoms with van der Waals surface area (Å²) in [5.41, 5.74) is 2.89. The Hall–Kier alpha value is -1.02. The minimum absolute atomic E-state index is 0.802. The van der Waals surface area contributed by atoms with Gasteiger partial charge in [-0.1, -0.05) is 18.6 Å². The summed E-state index contributed by atoms with van der Waals surface area (Å²) in [6.45, 7) is 2.30. The van der Waals surface area contributed by atoms with Crippen LogP contribution >= 0.6 is 0 Å². The highest BCUT2D eigenvalue weighted by atomic mass is 15.2. The molecule has 2 heteroatoms. The molecule has 1 aromatic carbocycles. The van der Waals surface area contributed by atoms with Crippen molar-refractivity contribution in [2.75, 3.05) is 11.4 Å². The first-order valence-electron chi connectivity index (χ1n) is 8.49. The maximum Gasteiger partial charge on any atom is 0.0369 e. The van der Waals surface area contributed by atoms with Crippen molar-refractivity contribution in [3.05, 3.63) is 29.8 Å². The van der Waals surface area contributed by atoms with E-state index in [0.29, 0.717) is 0 Å². The van der Waals surface area contributed by atoms with Crippen LogP contribution in [0.15, 0.2) is 24.3 Å². The van der Waals surface area contributed by atoms with E-state index >= 15 is 0 Å². The first-order chi connectivity index (χ1) is 9.90. The maximum absolute atomic E-state index is 3.60. The highest BCUT2D eigenvalue weighted by molar-refractivity contribution is 5.49. The third kappa shape index (κ3) is 2.58. The Morgan fingerprint density at radius 2 is 1.75 bits per heavy atom. The molecule has 0 radical (unpaired) electrons. The highest BCUT2D eigenvalue weighted by Gasteiger charge is 2.34. The molecule has 3 aliphatic rings. The fourth-order valence-electron chi connectivity index (χ4n) is 4.13. The molecule has 4 rings (SSSR count). The molecule has 2 atom stereocenters. The summed E-state index contributed by atoms with van der Waals surface area (Å²) in [5, 5.41) is 3.60. The third-order valence-corrected chi connectivity index (χ3v) is 5.43. The Kier molecular flexibility index (Phi) is 3.43. The minimum atomic E-state index is 0.802. The van der Waals surface area contributed by atoms with Gasteiger partial charge >= 0.3 is 0 Å². The van der Waals surface area contributed by atoms with E-state index in [-0.39, 0.29) is 0 Å². The zero-order chi connectivity index (χ0) is 13.4. The summed E-state index contributed by atoms with van der Waals surface area (Å²) in [5.74, 6) is 0.972. The van der Waals surface area contributed by atoms with E-state index in [9.17, 15) is 0 Å². The fraction of sp³-hybridized carbons (Fsp3) is 0.667. The monoisotopic (exact) mass is 270 g/mol. The van der Waals surface area contributed by atoms with E-state index in [1.807, 2.05) is 0 Å². The molecule has 0 spiro atoms. The van der Waals surface area contributed by atoms with Gasteiger partial charge < -0.3 is 10.2 Å². The quantitative estimate of drug-likeness (QED) is 0.897. The minimum Gasteiger partial charge on any atom is -0.368 e. The Labute approximate surface area is 122 Å². The van der Waals surface area contributed by atoms with Crippen molar-refractivity contribution in [3.63, 3.8) is 0 Å². The summed E-state index contributed by atoms with van der Waals surface area (Å²) in [6.07, 6.45) is 9.90. The molecule has 3 fully saturated rings. The van der Waals surface area contributed by atoms with Gasteiger partial charge in [-0.15, -0.1) is 0 Å². The normalized spacial score (nSPS) is 29.5. The summed E-state index contributed by atoms with van der Waals surface area (Å²) in [7, 11) is 0. The molecule has 0 amide bonds. The van der Waals surface area contributed by atoms with Crippen LogP contribution in [-0.4, -0.2) is 18.6 Å². The maximum atomic E-state index is 3.60. The van der Waals surface area contributed by atoms with Crippen LogP contribution in [0, 0.1) is 5.92 Å². The van der Waals surface area contributed by atoms with Gasteiger partial charge in [0.15, 0.2) is 0 Å². The summed E-state index contributed by atoms with van der Waals surface area (Å²) >= 11 is 0. The largest absolute Gasteiger partial charge is 0.368 e. The second kappa shape index (κ2) is 5.40. The lowest BCUT2D eigenvalue weighted by molar-refractivity contribution is 0.362. The van der Waals surface area contributed by atoms with Crippen molar-refractivity contribution in [1.82, 2.24) is 5.32 Å². The van der Waals surface area contributed by atoms with Crippen LogP contribution in [0.5, 0.6) is 0 Å². The Morgan fingerprint density at radius 1 is 0.950 bits per heavy atom. The molecule has 108 valence electrons. The van der Waals surface area contributed by atoms with E-state index in [1.165, 1.54) is 62.7 Å². The second-order valence-electron chi connectivity index (χ2n) is 6.92. The van der Waals surface area contributed by atoms with Crippen LogP contribution in [0.3, 0.4) is 0 Å². The molecule has 1 saturated heterocycles. The van der Waals surface area contributed by atoms with E-state index in [4.69, 9.17) is 0 Å². The molecule has 0 aromatic heterocycles. The Bertz CT molecular complexity index is 449. The van der Waals surface area contributed by atoms with Crippen molar-refractivity contribution in [2.24, 2.45) is 5.92 Å². The van der Waals surface area contributed by atoms with Crippen molar-refractivity contribution in [1.29, 1.82) is 0 Å². The first-order valence-corrected chi connectivity index (χ1v) is 8.49. The molecule has 2 aliphatic carbocycles. The Morgan fingerprint density at radius 3 is 2.55 bits per heavy atom. The molecule has 20 heavy (non-hydrogen) atoms. The number of nitrogens with one attached hydrogen (secondary N) is 1.